The molecule has 3 saturated carbocycles. The van der Waals surface area contributed by atoms with Crippen LogP contribution in [0, 0.1) is 40.4 Å². The molecule has 210 valence electrons. The average Bonchev–Trinajstić information content (AvgIpc) is 3.27. The molecule has 1 saturated heterocycles. The third-order valence-corrected chi connectivity index (χ3v) is 11.6. The lowest BCUT2D eigenvalue weighted by Crippen LogP contribution is -2.61. The number of ether oxygens (including phenoxy) is 3. The summed E-state index contributed by atoms with van der Waals surface area (Å²) in [4.78, 5) is 27.3. The van der Waals surface area contributed by atoms with Crippen LogP contribution in [0.3, 0.4) is 0 Å². The smallest absolute Gasteiger partial charge is 0.310 e. The molecule has 1 unspecified atom stereocenters. The standard InChI is InChI=1S/C32H47NO5/c1-20(19-38-30(35)18-21-7-11-26(36-5)27(17-21)37-6)23-9-10-24-22-8-12-28-32(3,16-14-29(34)33(28)4)25(22)13-15-31(23,24)2/h7,11,17,20,22-25,28H,8-10,12-16,18-19H2,1-6H3/t20?,22-,23+,24-,25-,28+,31+,32+/m0/s1. The summed E-state index contributed by atoms with van der Waals surface area (Å²) < 4.78 is 16.5. The van der Waals surface area contributed by atoms with Crippen molar-refractivity contribution in [1.29, 1.82) is 0 Å². The molecule has 8 atom stereocenters. The summed E-state index contributed by atoms with van der Waals surface area (Å²) in [7, 11) is 5.25. The molecule has 5 rings (SSSR count). The Morgan fingerprint density at radius 2 is 1.74 bits per heavy atom. The van der Waals surface area contributed by atoms with E-state index >= 15 is 0 Å². The van der Waals surface area contributed by atoms with Crippen molar-refractivity contribution in [1.82, 2.24) is 4.90 Å². The Balaban J connectivity index is 1.21. The van der Waals surface area contributed by atoms with E-state index < -0.39 is 0 Å². The normalized spacial score (nSPS) is 37.1. The number of hydrogen-bond donors (Lipinski definition) is 0. The lowest BCUT2D eigenvalue weighted by molar-refractivity contribution is -0.159. The number of carbonyl (C=O) groups excluding carboxylic acids is 2. The van der Waals surface area contributed by atoms with Crippen LogP contribution >= 0.6 is 0 Å². The van der Waals surface area contributed by atoms with Crippen LogP contribution in [0.5, 0.6) is 11.5 Å². The topological polar surface area (TPSA) is 65.1 Å². The zero-order valence-corrected chi connectivity index (χ0v) is 24.3. The highest BCUT2D eigenvalue weighted by atomic mass is 16.5. The largest absolute Gasteiger partial charge is 0.493 e. The Labute approximate surface area is 228 Å². The van der Waals surface area contributed by atoms with Gasteiger partial charge in [-0.2, -0.15) is 0 Å². The minimum atomic E-state index is -0.185. The molecule has 6 nitrogen and oxygen atoms in total. The van der Waals surface area contributed by atoms with Gasteiger partial charge in [-0.1, -0.05) is 26.8 Å². The SMILES string of the molecule is COc1ccc(CC(=O)OCC(C)[C@H]2CC[C@H]3[C@@H]4CC[C@H]5N(C)C(=O)CC[C@]5(C)[C@H]4CC[C@]23C)cc1OC. The number of fused-ring (bicyclic) bond motifs is 5. The number of rotatable bonds is 7. The molecule has 1 amide bonds. The molecule has 1 heterocycles. The van der Waals surface area contributed by atoms with Gasteiger partial charge in [-0.05, 0) is 103 Å². The van der Waals surface area contributed by atoms with Crippen LogP contribution in [0.15, 0.2) is 18.2 Å². The van der Waals surface area contributed by atoms with Gasteiger partial charge in [0, 0.05) is 19.5 Å². The predicted molar refractivity (Wildman–Crippen MR) is 147 cm³/mol. The third-order valence-electron chi connectivity index (χ3n) is 11.6. The minimum Gasteiger partial charge on any atom is -0.493 e. The average molecular weight is 526 g/mol. The van der Waals surface area contributed by atoms with Gasteiger partial charge in [-0.15, -0.1) is 0 Å². The number of methoxy groups -OCH3 is 2. The predicted octanol–water partition coefficient (Wildman–Crippen LogP) is 5.91. The molecule has 0 bridgehead atoms. The Kier molecular flexibility index (Phi) is 7.47. The van der Waals surface area contributed by atoms with Crippen molar-refractivity contribution < 1.29 is 23.8 Å². The van der Waals surface area contributed by atoms with Crippen LogP contribution in [0.1, 0.15) is 77.7 Å². The van der Waals surface area contributed by atoms with Crippen LogP contribution in [0.2, 0.25) is 0 Å². The van der Waals surface area contributed by atoms with Gasteiger partial charge in [-0.25, -0.2) is 0 Å². The maximum Gasteiger partial charge on any atom is 0.310 e. The van der Waals surface area contributed by atoms with Gasteiger partial charge in [0.25, 0.3) is 0 Å². The maximum atomic E-state index is 12.7. The second kappa shape index (κ2) is 10.4. The van der Waals surface area contributed by atoms with E-state index in [0.717, 1.165) is 36.2 Å². The fourth-order valence-electron chi connectivity index (χ4n) is 9.67. The number of nitrogens with zero attached hydrogens (tertiary/aromatic N) is 1. The number of esters is 1. The molecule has 38 heavy (non-hydrogen) atoms. The van der Waals surface area contributed by atoms with E-state index in [1.807, 2.05) is 25.2 Å². The highest BCUT2D eigenvalue weighted by molar-refractivity contribution is 5.77. The quantitative estimate of drug-likeness (QED) is 0.415. The molecule has 0 aromatic heterocycles. The van der Waals surface area contributed by atoms with Crippen molar-refractivity contribution in [3.8, 4) is 11.5 Å². The first-order valence-electron chi connectivity index (χ1n) is 14.7. The summed E-state index contributed by atoms with van der Waals surface area (Å²) in [5, 5.41) is 0. The van der Waals surface area contributed by atoms with E-state index in [2.05, 4.69) is 25.7 Å². The van der Waals surface area contributed by atoms with E-state index in [9.17, 15) is 9.59 Å². The monoisotopic (exact) mass is 525 g/mol. The second-order valence-corrected chi connectivity index (χ2v) is 13.2. The van der Waals surface area contributed by atoms with Crippen molar-refractivity contribution >= 4 is 11.9 Å². The molecular formula is C32H47NO5. The van der Waals surface area contributed by atoms with Crippen molar-refractivity contribution in [2.45, 2.75) is 84.6 Å². The van der Waals surface area contributed by atoms with E-state index in [1.165, 1.54) is 32.1 Å². The van der Waals surface area contributed by atoms with Gasteiger partial charge in [-0.3, -0.25) is 9.59 Å². The van der Waals surface area contributed by atoms with Gasteiger partial charge in [0.05, 0.1) is 27.2 Å². The number of likely N-dealkylation sites (tertiary alicyclic amines) is 1. The fourth-order valence-corrected chi connectivity index (χ4v) is 9.67. The third kappa shape index (κ3) is 4.50. The first kappa shape index (κ1) is 27.3. The lowest BCUT2D eigenvalue weighted by Gasteiger charge is -2.62. The molecule has 0 N–H and O–H groups in total. The Bertz CT molecular complexity index is 1060. The van der Waals surface area contributed by atoms with Crippen molar-refractivity contribution in [3.63, 3.8) is 0 Å². The summed E-state index contributed by atoms with van der Waals surface area (Å²) in [6.07, 6.45) is 9.47. The molecule has 1 aromatic carbocycles. The van der Waals surface area contributed by atoms with Gasteiger partial charge in [0.1, 0.15) is 0 Å². The van der Waals surface area contributed by atoms with Crippen LogP contribution in [-0.4, -0.2) is 50.7 Å². The molecule has 4 aliphatic rings. The zero-order valence-electron chi connectivity index (χ0n) is 24.3. The summed E-state index contributed by atoms with van der Waals surface area (Å²) in [5.74, 6) is 4.60. The van der Waals surface area contributed by atoms with Gasteiger partial charge >= 0.3 is 5.97 Å². The van der Waals surface area contributed by atoms with E-state index in [-0.39, 0.29) is 17.8 Å². The minimum absolute atomic E-state index is 0.185. The number of piperidine rings is 1. The lowest BCUT2D eigenvalue weighted by atomic mass is 9.46. The highest BCUT2D eigenvalue weighted by Gasteiger charge is 2.61. The molecule has 0 spiro atoms. The summed E-state index contributed by atoms with van der Waals surface area (Å²) in [6, 6.07) is 5.98. The number of hydrogen-bond acceptors (Lipinski definition) is 5. The molecule has 0 radical (unpaired) electrons. The van der Waals surface area contributed by atoms with Gasteiger partial charge in [0.15, 0.2) is 11.5 Å². The summed E-state index contributed by atoms with van der Waals surface area (Å²) in [6.45, 7) is 7.80. The van der Waals surface area contributed by atoms with E-state index in [0.29, 0.717) is 53.7 Å². The van der Waals surface area contributed by atoms with E-state index in [1.54, 1.807) is 14.2 Å². The number of carbonyl (C=O) groups is 2. The van der Waals surface area contributed by atoms with Gasteiger partial charge in [0.2, 0.25) is 5.91 Å². The van der Waals surface area contributed by atoms with Crippen molar-refractivity contribution in [3.05, 3.63) is 23.8 Å². The first-order valence-corrected chi connectivity index (χ1v) is 14.7. The van der Waals surface area contributed by atoms with Crippen LogP contribution in [0.4, 0.5) is 0 Å². The van der Waals surface area contributed by atoms with E-state index in [4.69, 9.17) is 14.2 Å². The first-order chi connectivity index (χ1) is 18.1. The van der Waals surface area contributed by atoms with Crippen molar-refractivity contribution in [2.24, 2.45) is 40.4 Å². The van der Waals surface area contributed by atoms with Crippen LogP contribution in [-0.2, 0) is 20.7 Å². The highest BCUT2D eigenvalue weighted by Crippen LogP contribution is 2.67. The van der Waals surface area contributed by atoms with Crippen molar-refractivity contribution in [2.75, 3.05) is 27.9 Å². The summed E-state index contributed by atoms with van der Waals surface area (Å²) >= 11 is 0. The Morgan fingerprint density at radius 1 is 1.00 bits per heavy atom. The second-order valence-electron chi connectivity index (χ2n) is 13.2. The molecule has 3 aliphatic carbocycles. The summed E-state index contributed by atoms with van der Waals surface area (Å²) in [5.41, 5.74) is 1.44. The molecule has 4 fully saturated rings. The number of benzene rings is 1. The van der Waals surface area contributed by atoms with Crippen LogP contribution in [0.25, 0.3) is 0 Å². The van der Waals surface area contributed by atoms with Gasteiger partial charge < -0.3 is 19.1 Å². The molecule has 1 aromatic rings. The fraction of sp³-hybridized carbons (Fsp3) is 0.750. The maximum absolute atomic E-state index is 12.7. The Hall–Kier alpha value is -2.24. The molecular weight excluding hydrogens is 478 g/mol. The molecule has 6 heteroatoms. The van der Waals surface area contributed by atoms with Crippen LogP contribution < -0.4 is 9.47 Å². The molecule has 1 aliphatic heterocycles. The number of amides is 1. The zero-order chi connectivity index (χ0) is 27.2. The Morgan fingerprint density at radius 3 is 2.47 bits per heavy atom.